The minimum atomic E-state index is -0.307. The number of nitrogens with one attached hydrogen (secondary N) is 2. The third kappa shape index (κ3) is 3.98. The fraction of sp³-hybridized carbons (Fsp3) is 0.111. The van der Waals surface area contributed by atoms with Gasteiger partial charge >= 0.3 is 0 Å². The highest BCUT2D eigenvalue weighted by atomic mass is 19.1. The Morgan fingerprint density at radius 3 is 2.83 bits per heavy atom. The van der Waals surface area contributed by atoms with Crippen molar-refractivity contribution in [3.8, 4) is 0 Å². The molecule has 0 aliphatic heterocycles. The van der Waals surface area contributed by atoms with Gasteiger partial charge in [0.25, 0.3) is 0 Å². The van der Waals surface area contributed by atoms with Crippen molar-refractivity contribution < 1.29 is 9.18 Å². The molecule has 0 aliphatic rings. The van der Waals surface area contributed by atoms with Crippen LogP contribution in [0.2, 0.25) is 0 Å². The highest BCUT2D eigenvalue weighted by Gasteiger charge is 2.04. The predicted molar refractivity (Wildman–Crippen MR) is 92.7 cm³/mol. The summed E-state index contributed by atoms with van der Waals surface area (Å²) >= 11 is 0. The number of nitrogen functional groups attached to an aromatic ring is 1. The van der Waals surface area contributed by atoms with Crippen molar-refractivity contribution in [2.75, 3.05) is 12.3 Å². The van der Waals surface area contributed by atoms with Gasteiger partial charge in [0.15, 0.2) is 0 Å². The Hall–Kier alpha value is -3.15. The lowest BCUT2D eigenvalue weighted by Crippen LogP contribution is -2.23. The topological polar surface area (TPSA) is 83.8 Å². The summed E-state index contributed by atoms with van der Waals surface area (Å²) in [5, 5.41) is 2.78. The van der Waals surface area contributed by atoms with E-state index in [2.05, 4.69) is 15.3 Å². The Labute approximate surface area is 138 Å². The molecule has 4 N–H and O–H groups in total. The number of fused-ring (bicyclic) bond motifs is 1. The molecule has 0 bridgehead atoms. The highest BCUT2D eigenvalue weighted by Crippen LogP contribution is 2.13. The van der Waals surface area contributed by atoms with Gasteiger partial charge in [0.2, 0.25) is 5.91 Å². The first kappa shape index (κ1) is 15.7. The van der Waals surface area contributed by atoms with Gasteiger partial charge in [-0.3, -0.25) is 4.79 Å². The molecule has 0 aliphatic carbocycles. The number of benzene rings is 2. The monoisotopic (exact) mass is 324 g/mol. The number of aromatic nitrogens is 2. The van der Waals surface area contributed by atoms with Crippen LogP contribution in [-0.2, 0) is 11.2 Å². The zero-order valence-electron chi connectivity index (χ0n) is 12.9. The molecule has 122 valence electrons. The Morgan fingerprint density at radius 2 is 2.04 bits per heavy atom. The van der Waals surface area contributed by atoms with Crippen molar-refractivity contribution in [3.63, 3.8) is 0 Å². The summed E-state index contributed by atoms with van der Waals surface area (Å²) < 4.78 is 13.1. The molecule has 6 heteroatoms. The van der Waals surface area contributed by atoms with Gasteiger partial charge < -0.3 is 16.0 Å². The molecule has 3 aromatic rings. The van der Waals surface area contributed by atoms with E-state index in [0.717, 1.165) is 5.56 Å². The summed E-state index contributed by atoms with van der Waals surface area (Å²) in [6, 6.07) is 11.6. The summed E-state index contributed by atoms with van der Waals surface area (Å²) in [4.78, 5) is 19.2. The first-order valence-corrected chi connectivity index (χ1v) is 7.56. The molecule has 0 saturated carbocycles. The summed E-state index contributed by atoms with van der Waals surface area (Å²) in [6.07, 6.45) is 3.73. The summed E-state index contributed by atoms with van der Waals surface area (Å²) in [7, 11) is 0. The molecule has 0 radical (unpaired) electrons. The number of nitrogens with zero attached hydrogens (tertiary/aromatic N) is 1. The van der Waals surface area contributed by atoms with Crippen molar-refractivity contribution >= 4 is 28.7 Å². The third-order valence-electron chi connectivity index (χ3n) is 3.52. The molecule has 0 spiro atoms. The van der Waals surface area contributed by atoms with Crippen LogP contribution in [0.15, 0.2) is 48.5 Å². The smallest absolute Gasteiger partial charge is 0.244 e. The molecule has 0 atom stereocenters. The normalized spacial score (nSPS) is 11.2. The molecule has 1 amide bonds. The zero-order chi connectivity index (χ0) is 16.9. The van der Waals surface area contributed by atoms with Crippen LogP contribution in [0, 0.1) is 5.82 Å². The van der Waals surface area contributed by atoms with Crippen LogP contribution in [0.5, 0.6) is 0 Å². The number of rotatable bonds is 5. The number of halogens is 1. The number of carbonyl (C=O) groups is 1. The molecule has 0 fully saturated rings. The lowest BCUT2D eigenvalue weighted by molar-refractivity contribution is -0.116. The molecule has 2 aromatic carbocycles. The Morgan fingerprint density at radius 1 is 1.25 bits per heavy atom. The number of aromatic amines is 1. The Bertz CT molecular complexity index is 884. The molecule has 5 nitrogen and oxygen atoms in total. The van der Waals surface area contributed by atoms with Crippen molar-refractivity contribution in [2.24, 2.45) is 0 Å². The van der Waals surface area contributed by atoms with Gasteiger partial charge in [0, 0.05) is 24.7 Å². The predicted octanol–water partition coefficient (Wildman–Crippen LogP) is 2.66. The minimum absolute atomic E-state index is 0.186. The molecular formula is C18H17FN4O. The number of amides is 1. The zero-order valence-corrected chi connectivity index (χ0v) is 12.9. The lowest BCUT2D eigenvalue weighted by atomic mass is 10.2. The first-order chi connectivity index (χ1) is 11.6. The SMILES string of the molecule is Nc1ccc(/C=C/C(=O)NCCc2nc3ccc(F)cc3[nH]2)cc1. The van der Waals surface area contributed by atoms with Gasteiger partial charge in [-0.25, -0.2) is 9.37 Å². The maximum atomic E-state index is 13.1. The number of hydrogen-bond donors (Lipinski definition) is 3. The van der Waals surface area contributed by atoms with Gasteiger partial charge in [0.1, 0.15) is 11.6 Å². The fourth-order valence-corrected chi connectivity index (χ4v) is 2.30. The number of nitrogens with two attached hydrogens (primary N) is 1. The van der Waals surface area contributed by atoms with Crippen LogP contribution in [0.4, 0.5) is 10.1 Å². The first-order valence-electron chi connectivity index (χ1n) is 7.56. The second-order valence-corrected chi connectivity index (χ2v) is 5.39. The van der Waals surface area contributed by atoms with Gasteiger partial charge in [-0.05, 0) is 42.0 Å². The van der Waals surface area contributed by atoms with Gasteiger partial charge in [0.05, 0.1) is 11.0 Å². The third-order valence-corrected chi connectivity index (χ3v) is 3.52. The van der Waals surface area contributed by atoms with E-state index < -0.39 is 0 Å². The molecule has 0 unspecified atom stereocenters. The van der Waals surface area contributed by atoms with E-state index in [1.807, 2.05) is 12.1 Å². The van der Waals surface area contributed by atoms with Crippen LogP contribution in [0.25, 0.3) is 17.1 Å². The molecular weight excluding hydrogens is 307 g/mol. The van der Waals surface area contributed by atoms with Crippen LogP contribution in [0.3, 0.4) is 0 Å². The largest absolute Gasteiger partial charge is 0.399 e. The number of H-pyrrole nitrogens is 1. The minimum Gasteiger partial charge on any atom is -0.399 e. The van der Waals surface area contributed by atoms with Crippen LogP contribution in [-0.4, -0.2) is 22.4 Å². The van der Waals surface area contributed by atoms with Gasteiger partial charge in [-0.15, -0.1) is 0 Å². The fourth-order valence-electron chi connectivity index (χ4n) is 2.30. The standard InChI is InChI=1S/C18H17FN4O/c19-13-4-7-15-16(11-13)23-17(22-15)9-10-21-18(24)8-3-12-1-5-14(20)6-2-12/h1-8,11H,9-10,20H2,(H,21,24)(H,22,23)/b8-3+. The van der Waals surface area contributed by atoms with E-state index in [4.69, 9.17) is 5.73 Å². The van der Waals surface area contributed by atoms with Gasteiger partial charge in [-0.2, -0.15) is 0 Å². The average Bonchev–Trinajstić information content (AvgIpc) is 2.96. The van der Waals surface area contributed by atoms with Crippen LogP contribution in [0.1, 0.15) is 11.4 Å². The van der Waals surface area contributed by atoms with Crippen molar-refractivity contribution in [1.29, 1.82) is 0 Å². The Balaban J connectivity index is 1.51. The van der Waals surface area contributed by atoms with E-state index in [-0.39, 0.29) is 11.7 Å². The lowest BCUT2D eigenvalue weighted by Gasteiger charge is -2.00. The average molecular weight is 324 g/mol. The maximum absolute atomic E-state index is 13.1. The number of anilines is 1. The quantitative estimate of drug-likeness (QED) is 0.498. The second kappa shape index (κ2) is 6.95. The maximum Gasteiger partial charge on any atom is 0.244 e. The van der Waals surface area contributed by atoms with Crippen LogP contribution < -0.4 is 11.1 Å². The van der Waals surface area contributed by atoms with E-state index in [9.17, 15) is 9.18 Å². The number of carbonyl (C=O) groups excluding carboxylic acids is 1. The highest BCUT2D eigenvalue weighted by molar-refractivity contribution is 5.91. The molecule has 3 rings (SSSR count). The summed E-state index contributed by atoms with van der Waals surface area (Å²) in [5.41, 5.74) is 8.55. The summed E-state index contributed by atoms with van der Waals surface area (Å²) in [5.74, 6) is 0.214. The molecule has 1 aromatic heterocycles. The second-order valence-electron chi connectivity index (χ2n) is 5.39. The van der Waals surface area contributed by atoms with E-state index in [1.54, 1.807) is 24.3 Å². The van der Waals surface area contributed by atoms with Crippen molar-refractivity contribution in [1.82, 2.24) is 15.3 Å². The van der Waals surface area contributed by atoms with E-state index in [0.29, 0.717) is 35.5 Å². The van der Waals surface area contributed by atoms with Crippen LogP contribution >= 0.6 is 0 Å². The molecule has 1 heterocycles. The van der Waals surface area contributed by atoms with Gasteiger partial charge in [-0.1, -0.05) is 12.1 Å². The molecule has 0 saturated heterocycles. The van der Waals surface area contributed by atoms with E-state index >= 15 is 0 Å². The summed E-state index contributed by atoms with van der Waals surface area (Å²) in [6.45, 7) is 0.438. The number of imidazole rings is 1. The van der Waals surface area contributed by atoms with E-state index in [1.165, 1.54) is 18.2 Å². The van der Waals surface area contributed by atoms with Crippen molar-refractivity contribution in [2.45, 2.75) is 6.42 Å². The number of hydrogen-bond acceptors (Lipinski definition) is 3. The molecule has 24 heavy (non-hydrogen) atoms. The van der Waals surface area contributed by atoms with Crippen molar-refractivity contribution in [3.05, 3.63) is 65.7 Å². The Kier molecular flexibility index (Phi) is 4.56.